The van der Waals surface area contributed by atoms with Crippen molar-refractivity contribution in [3.05, 3.63) is 17.7 Å². The molecule has 1 aliphatic rings. The Morgan fingerprint density at radius 1 is 1.73 bits per heavy atom. The van der Waals surface area contributed by atoms with Crippen LogP contribution in [0.2, 0.25) is 0 Å². The lowest BCUT2D eigenvalue weighted by molar-refractivity contribution is -0.118. The van der Waals surface area contributed by atoms with Gasteiger partial charge in [-0.3, -0.25) is 9.79 Å². The fourth-order valence-corrected chi connectivity index (χ4v) is 0.770. The Kier molecular flexibility index (Phi) is 1.99. The molecule has 1 atom stereocenters. The Labute approximate surface area is 63.1 Å². The topological polar surface area (TPSA) is 72.5 Å². The lowest BCUT2D eigenvalue weighted by atomic mass is 10.1. The van der Waals surface area contributed by atoms with Crippen molar-refractivity contribution in [2.75, 3.05) is 0 Å². The third-order valence-corrected chi connectivity index (χ3v) is 1.28. The summed E-state index contributed by atoms with van der Waals surface area (Å²) >= 11 is 0. The first-order valence-corrected chi connectivity index (χ1v) is 3.00. The number of primary amides is 1. The second-order valence-corrected chi connectivity index (χ2v) is 2.02. The molecule has 2 N–H and O–H groups in total. The lowest BCUT2D eigenvalue weighted by Gasteiger charge is -2.07. The summed E-state index contributed by atoms with van der Waals surface area (Å²) in [6, 6.07) is -0.850. The van der Waals surface area contributed by atoms with Gasteiger partial charge in [0.2, 0.25) is 5.91 Å². The fraction of sp³-hybridized carbons (Fsp3) is 0.143. The van der Waals surface area contributed by atoms with E-state index >= 15 is 0 Å². The number of hydrogen-bond acceptors (Lipinski definition) is 3. The van der Waals surface area contributed by atoms with Crippen LogP contribution in [-0.4, -0.2) is 24.1 Å². The van der Waals surface area contributed by atoms with E-state index in [1.165, 1.54) is 12.3 Å². The van der Waals surface area contributed by atoms with E-state index in [-0.39, 0.29) is 5.57 Å². The van der Waals surface area contributed by atoms with E-state index in [1.807, 2.05) is 0 Å². The van der Waals surface area contributed by atoms with E-state index in [0.717, 1.165) is 0 Å². The van der Waals surface area contributed by atoms with Crippen molar-refractivity contribution in [2.24, 2.45) is 10.7 Å². The number of nitrogens with zero attached hydrogens (tertiary/aromatic N) is 1. The average Bonchev–Trinajstić information content (AvgIpc) is 2.04. The zero-order valence-corrected chi connectivity index (χ0v) is 5.65. The van der Waals surface area contributed by atoms with E-state index in [1.54, 1.807) is 12.0 Å². The minimum Gasteiger partial charge on any atom is -0.367 e. The number of amides is 1. The van der Waals surface area contributed by atoms with E-state index in [4.69, 9.17) is 5.73 Å². The molecule has 1 amide bonds. The predicted octanol–water partition coefficient (Wildman–Crippen LogP) is -0.761. The minimum atomic E-state index is -0.850. The van der Waals surface area contributed by atoms with Crippen LogP contribution < -0.4 is 5.73 Å². The molecule has 4 nitrogen and oxygen atoms in total. The Bertz CT molecular complexity index is 285. The Morgan fingerprint density at radius 2 is 2.45 bits per heavy atom. The fourth-order valence-electron chi connectivity index (χ4n) is 0.770. The van der Waals surface area contributed by atoms with Crippen LogP contribution in [0.25, 0.3) is 0 Å². The van der Waals surface area contributed by atoms with Gasteiger partial charge in [-0.25, -0.2) is 4.79 Å². The zero-order valence-electron chi connectivity index (χ0n) is 5.65. The maximum Gasteiger partial charge on any atom is 0.247 e. The van der Waals surface area contributed by atoms with Crippen molar-refractivity contribution in [1.82, 2.24) is 0 Å². The molecule has 56 valence electrons. The molecule has 0 spiro atoms. The molecule has 0 bridgehead atoms. The highest BCUT2D eigenvalue weighted by molar-refractivity contribution is 5.92. The summed E-state index contributed by atoms with van der Waals surface area (Å²) in [6.07, 6.45) is 4.45. The maximum atomic E-state index is 10.6. The van der Waals surface area contributed by atoms with E-state index in [2.05, 4.69) is 4.99 Å². The Morgan fingerprint density at radius 3 is 2.91 bits per heavy atom. The van der Waals surface area contributed by atoms with Crippen LogP contribution in [0.3, 0.4) is 0 Å². The van der Waals surface area contributed by atoms with Gasteiger partial charge in [0.15, 0.2) is 6.04 Å². The van der Waals surface area contributed by atoms with Gasteiger partial charge in [0.25, 0.3) is 0 Å². The highest BCUT2D eigenvalue weighted by Crippen LogP contribution is 2.07. The van der Waals surface area contributed by atoms with Crippen LogP contribution in [0, 0.1) is 0 Å². The monoisotopic (exact) mass is 150 g/mol. The van der Waals surface area contributed by atoms with Crippen molar-refractivity contribution >= 4 is 18.1 Å². The number of nitrogens with two attached hydrogens (primary N) is 1. The highest BCUT2D eigenvalue weighted by Gasteiger charge is 2.19. The molecule has 0 aromatic rings. The lowest BCUT2D eigenvalue weighted by Crippen LogP contribution is -2.29. The van der Waals surface area contributed by atoms with Gasteiger partial charge in [-0.15, -0.1) is 0 Å². The Balaban J connectivity index is 2.97. The average molecular weight is 150 g/mol. The summed E-state index contributed by atoms with van der Waals surface area (Å²) < 4.78 is 0. The predicted molar refractivity (Wildman–Crippen MR) is 39.8 cm³/mol. The standard InChI is InChI=1S/C7H6N2O2/c8-7(11)6-5(4-10)2-1-3-9-6/h1-3,6H,(H2,8,11). The summed E-state index contributed by atoms with van der Waals surface area (Å²) in [5.41, 5.74) is 5.13. The second-order valence-electron chi connectivity index (χ2n) is 2.02. The molecule has 0 fully saturated rings. The molecule has 11 heavy (non-hydrogen) atoms. The summed E-state index contributed by atoms with van der Waals surface area (Å²) in [4.78, 5) is 24.5. The van der Waals surface area contributed by atoms with Crippen LogP contribution in [0.4, 0.5) is 0 Å². The third kappa shape index (κ3) is 1.42. The van der Waals surface area contributed by atoms with Gasteiger partial charge in [-0.05, 0) is 12.2 Å². The number of carbonyl (C=O) groups excluding carboxylic acids is 2. The van der Waals surface area contributed by atoms with Gasteiger partial charge in [0.1, 0.15) is 5.94 Å². The molecule has 1 unspecified atom stereocenters. The first-order valence-electron chi connectivity index (χ1n) is 3.00. The smallest absolute Gasteiger partial charge is 0.247 e. The van der Waals surface area contributed by atoms with Crippen molar-refractivity contribution < 1.29 is 9.59 Å². The number of rotatable bonds is 1. The van der Waals surface area contributed by atoms with Gasteiger partial charge in [0.05, 0.1) is 5.57 Å². The molecule has 0 saturated carbocycles. The zero-order chi connectivity index (χ0) is 8.27. The molecule has 1 aliphatic heterocycles. The molecule has 0 aromatic carbocycles. The second kappa shape index (κ2) is 2.94. The minimum absolute atomic E-state index is 0.181. The third-order valence-electron chi connectivity index (χ3n) is 1.28. The molecule has 0 aromatic heterocycles. The number of aliphatic imine (C=N–C) groups is 1. The van der Waals surface area contributed by atoms with Crippen LogP contribution >= 0.6 is 0 Å². The van der Waals surface area contributed by atoms with Crippen LogP contribution in [0.15, 0.2) is 22.7 Å². The summed E-state index contributed by atoms with van der Waals surface area (Å²) in [5.74, 6) is 0.965. The quantitative estimate of drug-likeness (QED) is 0.499. The van der Waals surface area contributed by atoms with E-state index in [0.29, 0.717) is 0 Å². The van der Waals surface area contributed by atoms with Crippen molar-refractivity contribution in [3.63, 3.8) is 0 Å². The summed E-state index contributed by atoms with van der Waals surface area (Å²) in [7, 11) is 0. The molecule has 4 heteroatoms. The Hall–Kier alpha value is -1.67. The number of carbonyl (C=O) groups is 1. The van der Waals surface area contributed by atoms with Crippen molar-refractivity contribution in [2.45, 2.75) is 6.04 Å². The molecular formula is C7H6N2O2. The number of dihydropyridines is 1. The molecule has 0 saturated heterocycles. The number of hydrogen-bond donors (Lipinski definition) is 1. The first kappa shape index (κ1) is 7.44. The normalized spacial score (nSPS) is 21.5. The van der Waals surface area contributed by atoms with Crippen LogP contribution in [-0.2, 0) is 9.59 Å². The van der Waals surface area contributed by atoms with Gasteiger partial charge >= 0.3 is 0 Å². The highest BCUT2D eigenvalue weighted by atomic mass is 16.1. The van der Waals surface area contributed by atoms with E-state index in [9.17, 15) is 9.59 Å². The summed E-state index contributed by atoms with van der Waals surface area (Å²) in [5, 5.41) is 0. The van der Waals surface area contributed by atoms with Gasteiger partial charge in [-0.1, -0.05) is 0 Å². The molecule has 1 rings (SSSR count). The number of allylic oxidation sites excluding steroid dienone is 1. The molecule has 1 heterocycles. The van der Waals surface area contributed by atoms with Gasteiger partial charge in [0, 0.05) is 6.21 Å². The first-order chi connectivity index (χ1) is 5.25. The van der Waals surface area contributed by atoms with Crippen LogP contribution in [0.1, 0.15) is 0 Å². The summed E-state index contributed by atoms with van der Waals surface area (Å²) in [6.45, 7) is 0. The molecular weight excluding hydrogens is 144 g/mol. The van der Waals surface area contributed by atoms with Crippen molar-refractivity contribution in [1.29, 1.82) is 0 Å². The van der Waals surface area contributed by atoms with Gasteiger partial charge < -0.3 is 5.73 Å². The largest absolute Gasteiger partial charge is 0.367 e. The van der Waals surface area contributed by atoms with E-state index < -0.39 is 11.9 Å². The van der Waals surface area contributed by atoms with Gasteiger partial charge in [-0.2, -0.15) is 0 Å². The maximum absolute atomic E-state index is 10.6. The van der Waals surface area contributed by atoms with Crippen molar-refractivity contribution in [3.8, 4) is 0 Å². The SMILES string of the molecule is NC(=O)C1N=CC=CC1=C=O. The van der Waals surface area contributed by atoms with Crippen LogP contribution in [0.5, 0.6) is 0 Å². The molecule has 0 radical (unpaired) electrons. The molecule has 0 aliphatic carbocycles.